The van der Waals surface area contributed by atoms with Gasteiger partial charge < -0.3 is 14.5 Å². The Balaban J connectivity index is 1.80. The van der Waals surface area contributed by atoms with Crippen molar-refractivity contribution in [3.8, 4) is 11.6 Å². The lowest BCUT2D eigenvalue weighted by molar-refractivity contribution is 0.0905. The molecule has 0 saturated carbocycles. The molecule has 25 heavy (non-hydrogen) atoms. The summed E-state index contributed by atoms with van der Waals surface area (Å²) in [4.78, 5) is 12.3. The first kappa shape index (κ1) is 16.8. The van der Waals surface area contributed by atoms with Crippen molar-refractivity contribution in [2.45, 2.75) is 26.8 Å². The van der Waals surface area contributed by atoms with Crippen LogP contribution < -0.4 is 10.1 Å². The normalized spacial score (nSPS) is 12.0. The molecule has 0 aliphatic carbocycles. The van der Waals surface area contributed by atoms with Crippen molar-refractivity contribution in [3.05, 3.63) is 65.2 Å². The van der Waals surface area contributed by atoms with Gasteiger partial charge in [-0.25, -0.2) is 4.68 Å². The Morgan fingerprint density at radius 3 is 2.68 bits per heavy atom. The van der Waals surface area contributed by atoms with E-state index in [-0.39, 0.29) is 17.7 Å². The van der Waals surface area contributed by atoms with E-state index >= 15 is 0 Å². The zero-order valence-corrected chi connectivity index (χ0v) is 14.7. The van der Waals surface area contributed by atoms with Gasteiger partial charge in [0.15, 0.2) is 5.76 Å². The highest BCUT2D eigenvalue weighted by atomic mass is 16.6. The molecule has 6 heteroatoms. The van der Waals surface area contributed by atoms with Gasteiger partial charge in [-0.3, -0.25) is 4.79 Å². The number of para-hydroxylation sites is 1. The van der Waals surface area contributed by atoms with E-state index in [1.165, 1.54) is 7.11 Å². The average molecular weight is 339 g/mol. The van der Waals surface area contributed by atoms with E-state index in [0.29, 0.717) is 5.95 Å². The molecule has 0 bridgehead atoms. The number of rotatable bonds is 5. The molecule has 3 rings (SSSR count). The summed E-state index contributed by atoms with van der Waals surface area (Å²) in [7, 11) is 1.49. The van der Waals surface area contributed by atoms with Gasteiger partial charge in [0, 0.05) is 17.3 Å². The van der Waals surface area contributed by atoms with Crippen molar-refractivity contribution in [3.63, 3.8) is 0 Å². The van der Waals surface area contributed by atoms with Crippen molar-refractivity contribution < 1.29 is 13.9 Å². The minimum absolute atomic E-state index is 0.207. The molecule has 130 valence electrons. The summed E-state index contributed by atoms with van der Waals surface area (Å²) in [6, 6.07) is 11.0. The van der Waals surface area contributed by atoms with E-state index in [2.05, 4.69) is 10.4 Å². The molecule has 2 aromatic heterocycles. The number of carbonyl (C=O) groups is 1. The molecule has 1 aromatic carbocycles. The molecule has 1 unspecified atom stereocenters. The second-order valence-corrected chi connectivity index (χ2v) is 5.90. The van der Waals surface area contributed by atoms with Crippen LogP contribution >= 0.6 is 0 Å². The van der Waals surface area contributed by atoms with Crippen LogP contribution in [0.2, 0.25) is 0 Å². The van der Waals surface area contributed by atoms with Crippen LogP contribution in [0.25, 0.3) is 5.69 Å². The largest absolute Gasteiger partial charge is 0.468 e. The van der Waals surface area contributed by atoms with Crippen molar-refractivity contribution in [2.24, 2.45) is 0 Å². The molecule has 6 nitrogen and oxygen atoms in total. The maximum Gasteiger partial charge on any atom is 0.287 e. The number of amides is 1. The van der Waals surface area contributed by atoms with Crippen molar-refractivity contribution >= 4 is 5.91 Å². The highest BCUT2D eigenvalue weighted by molar-refractivity contribution is 5.91. The van der Waals surface area contributed by atoms with Crippen LogP contribution in [0, 0.1) is 13.8 Å². The number of hydrogen-bond acceptors (Lipinski definition) is 4. The van der Waals surface area contributed by atoms with E-state index in [4.69, 9.17) is 9.15 Å². The fourth-order valence-electron chi connectivity index (χ4n) is 2.79. The standard InChI is InChI=1S/C19H21N3O3/c1-12-7-5-6-8-16(12)22-14(3)15(11-20-22)13(2)21-19(23)17-9-10-18(24-4)25-17/h5-11,13H,1-4H3,(H,21,23). The minimum atomic E-state index is -0.293. The number of benzene rings is 1. The first-order valence-corrected chi connectivity index (χ1v) is 8.06. The van der Waals surface area contributed by atoms with Gasteiger partial charge in [-0.15, -0.1) is 0 Å². The number of nitrogens with one attached hydrogen (secondary N) is 1. The molecule has 0 spiro atoms. The monoisotopic (exact) mass is 339 g/mol. The maximum absolute atomic E-state index is 12.3. The average Bonchev–Trinajstić information content (AvgIpc) is 3.22. The topological polar surface area (TPSA) is 69.3 Å². The zero-order chi connectivity index (χ0) is 18.0. The van der Waals surface area contributed by atoms with Crippen LogP contribution in [0.3, 0.4) is 0 Å². The number of methoxy groups -OCH3 is 1. The lowest BCUT2D eigenvalue weighted by atomic mass is 10.1. The van der Waals surface area contributed by atoms with Crippen LogP contribution in [0.15, 0.2) is 47.0 Å². The number of carbonyl (C=O) groups excluding carboxylic acids is 1. The molecule has 0 radical (unpaired) electrons. The molecule has 0 fully saturated rings. The third kappa shape index (κ3) is 3.28. The molecule has 1 N–H and O–H groups in total. The molecule has 1 amide bonds. The quantitative estimate of drug-likeness (QED) is 0.771. The van der Waals surface area contributed by atoms with E-state index in [0.717, 1.165) is 22.5 Å². The van der Waals surface area contributed by atoms with Gasteiger partial charge in [0.05, 0.1) is 25.0 Å². The number of furan rings is 1. The summed E-state index contributed by atoms with van der Waals surface area (Å²) in [5.74, 6) is 0.229. The molecule has 3 aromatic rings. The SMILES string of the molecule is COc1ccc(C(=O)NC(C)c2cnn(-c3ccccc3C)c2C)o1. The Morgan fingerprint density at radius 1 is 1.24 bits per heavy atom. The Morgan fingerprint density at radius 2 is 2.00 bits per heavy atom. The number of aromatic nitrogens is 2. The maximum atomic E-state index is 12.3. The number of aryl methyl sites for hydroxylation is 1. The van der Waals surface area contributed by atoms with E-state index in [9.17, 15) is 4.79 Å². The minimum Gasteiger partial charge on any atom is -0.468 e. The second kappa shape index (κ2) is 6.84. The molecule has 1 atom stereocenters. The first-order chi connectivity index (χ1) is 12.0. The smallest absolute Gasteiger partial charge is 0.287 e. The van der Waals surface area contributed by atoms with Crippen molar-refractivity contribution in [2.75, 3.05) is 7.11 Å². The predicted molar refractivity (Wildman–Crippen MR) is 94.2 cm³/mol. The molecule has 0 saturated heterocycles. The predicted octanol–water partition coefficient (Wildman–Crippen LogP) is 3.58. The van der Waals surface area contributed by atoms with Gasteiger partial charge in [-0.05, 0) is 38.5 Å². The first-order valence-electron chi connectivity index (χ1n) is 8.06. The summed E-state index contributed by atoms with van der Waals surface area (Å²) < 4.78 is 12.1. The highest BCUT2D eigenvalue weighted by Crippen LogP contribution is 2.23. The summed E-state index contributed by atoms with van der Waals surface area (Å²) in [5, 5.41) is 7.42. The Hall–Kier alpha value is -3.02. The molecular weight excluding hydrogens is 318 g/mol. The van der Waals surface area contributed by atoms with Crippen LogP contribution in [0.4, 0.5) is 0 Å². The fraction of sp³-hybridized carbons (Fsp3) is 0.263. The third-order valence-corrected chi connectivity index (χ3v) is 4.21. The van der Waals surface area contributed by atoms with Gasteiger partial charge in [-0.2, -0.15) is 5.10 Å². The van der Waals surface area contributed by atoms with Crippen molar-refractivity contribution in [1.82, 2.24) is 15.1 Å². The van der Waals surface area contributed by atoms with E-state index < -0.39 is 0 Å². The van der Waals surface area contributed by atoms with Crippen LogP contribution in [-0.2, 0) is 0 Å². The fourth-order valence-corrected chi connectivity index (χ4v) is 2.79. The highest BCUT2D eigenvalue weighted by Gasteiger charge is 2.19. The molecule has 0 aliphatic heterocycles. The lowest BCUT2D eigenvalue weighted by Gasteiger charge is -2.14. The second-order valence-electron chi connectivity index (χ2n) is 5.90. The van der Waals surface area contributed by atoms with Gasteiger partial charge in [0.25, 0.3) is 11.9 Å². The third-order valence-electron chi connectivity index (χ3n) is 4.21. The van der Waals surface area contributed by atoms with Crippen molar-refractivity contribution in [1.29, 1.82) is 0 Å². The van der Waals surface area contributed by atoms with Crippen LogP contribution in [-0.4, -0.2) is 22.8 Å². The van der Waals surface area contributed by atoms with Crippen LogP contribution in [0.5, 0.6) is 5.95 Å². The van der Waals surface area contributed by atoms with E-state index in [1.807, 2.05) is 49.7 Å². The molecular formula is C19H21N3O3. The summed E-state index contributed by atoms with van der Waals surface area (Å²) in [6.07, 6.45) is 1.79. The van der Waals surface area contributed by atoms with E-state index in [1.54, 1.807) is 18.3 Å². The zero-order valence-electron chi connectivity index (χ0n) is 14.7. The molecule has 2 heterocycles. The van der Waals surface area contributed by atoms with Gasteiger partial charge in [0.2, 0.25) is 0 Å². The molecule has 0 aliphatic rings. The summed E-state index contributed by atoms with van der Waals surface area (Å²) >= 11 is 0. The number of ether oxygens (including phenoxy) is 1. The van der Waals surface area contributed by atoms with Gasteiger partial charge >= 0.3 is 0 Å². The number of hydrogen-bond donors (Lipinski definition) is 1. The Labute approximate surface area is 146 Å². The Bertz CT molecular complexity index is 895. The number of nitrogens with zero attached hydrogens (tertiary/aromatic N) is 2. The summed E-state index contributed by atoms with van der Waals surface area (Å²) in [5.41, 5.74) is 4.11. The summed E-state index contributed by atoms with van der Waals surface area (Å²) in [6.45, 7) is 5.96. The van der Waals surface area contributed by atoms with Crippen LogP contribution in [0.1, 0.15) is 40.3 Å². The Kier molecular flexibility index (Phi) is 4.61. The lowest BCUT2D eigenvalue weighted by Crippen LogP contribution is -2.26. The van der Waals surface area contributed by atoms with Gasteiger partial charge in [-0.1, -0.05) is 18.2 Å². The van der Waals surface area contributed by atoms with Gasteiger partial charge in [0.1, 0.15) is 0 Å².